The van der Waals surface area contributed by atoms with Crippen molar-refractivity contribution in [2.24, 2.45) is 0 Å². The maximum absolute atomic E-state index is 12.9. The Morgan fingerprint density at radius 2 is 1.71 bits per heavy atom. The van der Waals surface area contributed by atoms with Gasteiger partial charge in [0.15, 0.2) is 5.60 Å². The number of nitrogens with zero attached hydrogens (tertiary/aromatic N) is 1. The zero-order valence-electron chi connectivity index (χ0n) is 13.2. The number of ether oxygens (including phenoxy) is 1. The van der Waals surface area contributed by atoms with Crippen LogP contribution < -0.4 is 4.74 Å². The molecule has 1 heterocycles. The smallest absolute Gasteiger partial charge is 0.266 e. The van der Waals surface area contributed by atoms with Gasteiger partial charge in [0.25, 0.3) is 5.91 Å². The van der Waals surface area contributed by atoms with E-state index in [0.717, 1.165) is 12.8 Å². The average molecular weight is 310 g/mol. The highest BCUT2D eigenvalue weighted by atomic mass is 35.5. The summed E-state index contributed by atoms with van der Waals surface area (Å²) in [5, 5.41) is 0.657. The first-order chi connectivity index (χ1) is 9.81. The summed E-state index contributed by atoms with van der Waals surface area (Å²) in [5.41, 5.74) is -0.881. The lowest BCUT2D eigenvalue weighted by molar-refractivity contribution is -0.151. The summed E-state index contributed by atoms with van der Waals surface area (Å²) in [5.74, 6) is 0.715. The molecule has 3 nitrogen and oxygen atoms in total. The summed E-state index contributed by atoms with van der Waals surface area (Å²) in [7, 11) is 0. The summed E-state index contributed by atoms with van der Waals surface area (Å²) >= 11 is 5.87. The van der Waals surface area contributed by atoms with Gasteiger partial charge in [-0.05, 0) is 71.2 Å². The molecule has 4 heteroatoms. The third-order valence-corrected chi connectivity index (χ3v) is 4.38. The molecule has 1 aliphatic rings. The normalized spacial score (nSPS) is 23.0. The van der Waals surface area contributed by atoms with E-state index in [-0.39, 0.29) is 18.0 Å². The monoisotopic (exact) mass is 309 g/mol. The van der Waals surface area contributed by atoms with Crippen molar-refractivity contribution in [3.05, 3.63) is 29.3 Å². The molecular formula is C17H24ClNO2. The van der Waals surface area contributed by atoms with Gasteiger partial charge in [0.2, 0.25) is 0 Å². The van der Waals surface area contributed by atoms with Crippen LogP contribution in [0.5, 0.6) is 5.75 Å². The van der Waals surface area contributed by atoms with E-state index in [1.807, 2.05) is 18.7 Å². The summed E-state index contributed by atoms with van der Waals surface area (Å²) in [6.45, 7) is 7.90. The molecule has 1 aromatic rings. The van der Waals surface area contributed by atoms with Gasteiger partial charge >= 0.3 is 0 Å². The minimum Gasteiger partial charge on any atom is -0.478 e. The maximum Gasteiger partial charge on any atom is 0.266 e. The highest BCUT2D eigenvalue weighted by molar-refractivity contribution is 6.30. The predicted molar refractivity (Wildman–Crippen MR) is 85.8 cm³/mol. The van der Waals surface area contributed by atoms with Crippen molar-refractivity contribution in [2.45, 2.75) is 64.6 Å². The highest BCUT2D eigenvalue weighted by Crippen LogP contribution is 2.28. The second-order valence-electron chi connectivity index (χ2n) is 6.41. The number of amides is 1. The number of benzene rings is 1. The van der Waals surface area contributed by atoms with Gasteiger partial charge in [-0.3, -0.25) is 4.79 Å². The summed E-state index contributed by atoms with van der Waals surface area (Å²) in [6.07, 6.45) is 3.31. The number of halogens is 1. The second kappa shape index (κ2) is 6.27. The van der Waals surface area contributed by atoms with Crippen LogP contribution in [0.4, 0.5) is 0 Å². The molecule has 0 aromatic heterocycles. The van der Waals surface area contributed by atoms with E-state index < -0.39 is 5.60 Å². The highest BCUT2D eigenvalue weighted by Gasteiger charge is 2.39. The Bertz CT molecular complexity index is 488. The van der Waals surface area contributed by atoms with Crippen LogP contribution in [-0.2, 0) is 4.79 Å². The topological polar surface area (TPSA) is 29.5 Å². The number of piperidine rings is 1. The quantitative estimate of drug-likeness (QED) is 0.833. The van der Waals surface area contributed by atoms with Crippen LogP contribution in [0.2, 0.25) is 5.02 Å². The number of rotatable bonds is 3. The fraction of sp³-hybridized carbons (Fsp3) is 0.588. The summed E-state index contributed by atoms with van der Waals surface area (Å²) < 4.78 is 5.92. The number of hydrogen-bond donors (Lipinski definition) is 0. The first-order valence-electron chi connectivity index (χ1n) is 7.58. The van der Waals surface area contributed by atoms with E-state index in [9.17, 15) is 4.79 Å². The van der Waals surface area contributed by atoms with Gasteiger partial charge in [0.05, 0.1) is 0 Å². The predicted octanol–water partition coefficient (Wildman–Crippen LogP) is 4.29. The zero-order valence-corrected chi connectivity index (χ0v) is 14.0. The number of carbonyl (C=O) groups excluding carboxylic acids is 1. The first kappa shape index (κ1) is 16.2. The number of carbonyl (C=O) groups is 1. The fourth-order valence-corrected chi connectivity index (χ4v) is 3.10. The molecule has 0 spiro atoms. The Morgan fingerprint density at radius 1 is 1.19 bits per heavy atom. The van der Waals surface area contributed by atoms with E-state index in [2.05, 4.69) is 13.8 Å². The Hall–Kier alpha value is -1.22. The minimum atomic E-state index is -0.881. The summed E-state index contributed by atoms with van der Waals surface area (Å²) in [6, 6.07) is 7.66. The van der Waals surface area contributed by atoms with Crippen LogP contribution in [0.3, 0.4) is 0 Å². The molecule has 2 rings (SSSR count). The van der Waals surface area contributed by atoms with E-state index in [1.165, 1.54) is 6.42 Å². The number of hydrogen-bond acceptors (Lipinski definition) is 2. The van der Waals surface area contributed by atoms with Gasteiger partial charge in [-0.2, -0.15) is 0 Å². The molecule has 1 aliphatic heterocycles. The van der Waals surface area contributed by atoms with Crippen molar-refractivity contribution < 1.29 is 9.53 Å². The van der Waals surface area contributed by atoms with Crippen molar-refractivity contribution in [1.82, 2.24) is 4.90 Å². The molecule has 0 N–H and O–H groups in total. The van der Waals surface area contributed by atoms with Gasteiger partial charge in [0.1, 0.15) is 5.75 Å². The van der Waals surface area contributed by atoms with Crippen LogP contribution in [-0.4, -0.2) is 28.5 Å². The van der Waals surface area contributed by atoms with Crippen molar-refractivity contribution in [3.63, 3.8) is 0 Å². The van der Waals surface area contributed by atoms with Crippen molar-refractivity contribution in [1.29, 1.82) is 0 Å². The van der Waals surface area contributed by atoms with E-state index in [4.69, 9.17) is 16.3 Å². The third kappa shape index (κ3) is 3.70. The van der Waals surface area contributed by atoms with Gasteiger partial charge in [-0.15, -0.1) is 0 Å². The first-order valence-corrected chi connectivity index (χ1v) is 7.96. The van der Waals surface area contributed by atoms with Gasteiger partial charge in [-0.25, -0.2) is 0 Å². The molecule has 2 unspecified atom stereocenters. The van der Waals surface area contributed by atoms with E-state index in [1.54, 1.807) is 24.3 Å². The Labute approximate surface area is 132 Å². The molecule has 0 radical (unpaired) electrons. The number of likely N-dealkylation sites (tertiary alicyclic amines) is 1. The molecular weight excluding hydrogens is 286 g/mol. The fourth-order valence-electron chi connectivity index (χ4n) is 2.97. The molecule has 0 saturated carbocycles. The molecule has 1 fully saturated rings. The van der Waals surface area contributed by atoms with Gasteiger partial charge < -0.3 is 9.64 Å². The van der Waals surface area contributed by atoms with Crippen LogP contribution >= 0.6 is 11.6 Å². The summed E-state index contributed by atoms with van der Waals surface area (Å²) in [4.78, 5) is 14.9. The van der Waals surface area contributed by atoms with Crippen LogP contribution in [0, 0.1) is 0 Å². The largest absolute Gasteiger partial charge is 0.478 e. The van der Waals surface area contributed by atoms with Crippen molar-refractivity contribution in [2.75, 3.05) is 0 Å². The molecule has 1 amide bonds. The lowest BCUT2D eigenvalue weighted by Gasteiger charge is -2.42. The van der Waals surface area contributed by atoms with Crippen LogP contribution in [0.15, 0.2) is 24.3 Å². The average Bonchev–Trinajstić information content (AvgIpc) is 2.41. The van der Waals surface area contributed by atoms with Gasteiger partial charge in [-0.1, -0.05) is 11.6 Å². The SMILES string of the molecule is CC1CCCC(C)N1C(=O)C(C)(C)Oc1ccc(Cl)cc1. The van der Waals surface area contributed by atoms with E-state index in [0.29, 0.717) is 10.8 Å². The standard InChI is InChI=1S/C17H24ClNO2/c1-12-6-5-7-13(2)19(12)16(20)17(3,4)21-15-10-8-14(18)9-11-15/h8-13H,5-7H2,1-4H3. The molecule has 0 aliphatic carbocycles. The van der Waals surface area contributed by atoms with E-state index >= 15 is 0 Å². The zero-order chi connectivity index (χ0) is 15.6. The second-order valence-corrected chi connectivity index (χ2v) is 6.84. The Morgan fingerprint density at radius 3 is 2.24 bits per heavy atom. The van der Waals surface area contributed by atoms with Gasteiger partial charge in [0, 0.05) is 17.1 Å². The van der Waals surface area contributed by atoms with Crippen molar-refractivity contribution in [3.8, 4) is 5.75 Å². The van der Waals surface area contributed by atoms with Crippen LogP contribution in [0.1, 0.15) is 47.0 Å². The minimum absolute atomic E-state index is 0.0529. The molecule has 0 bridgehead atoms. The lowest BCUT2D eigenvalue weighted by atomic mass is 9.94. The lowest BCUT2D eigenvalue weighted by Crippen LogP contribution is -2.56. The molecule has 1 saturated heterocycles. The molecule has 2 atom stereocenters. The molecule has 116 valence electrons. The Balaban J connectivity index is 2.13. The Kier molecular flexibility index (Phi) is 4.82. The third-order valence-electron chi connectivity index (χ3n) is 4.13. The maximum atomic E-state index is 12.9. The van der Waals surface area contributed by atoms with Crippen LogP contribution in [0.25, 0.3) is 0 Å². The molecule has 1 aromatic carbocycles. The van der Waals surface area contributed by atoms with Crippen molar-refractivity contribution >= 4 is 17.5 Å². The molecule has 21 heavy (non-hydrogen) atoms.